The molecule has 1 aromatic heterocycles. The van der Waals surface area contributed by atoms with Crippen LogP contribution in [0, 0.1) is 0 Å². The fraction of sp³-hybridized carbons (Fsp3) is 0.300. The number of nitrogens with one attached hydrogen (secondary N) is 1. The molecule has 0 bridgehead atoms. The molecule has 2 heterocycles. The summed E-state index contributed by atoms with van der Waals surface area (Å²) in [4.78, 5) is 4.93. The smallest absolute Gasteiger partial charge is 0.176 e. The monoisotopic (exact) mass is 380 g/mol. The SMILES string of the molecule is CC(C)(C)n1nnnc1C1CN=C(c2ccccc2)c2ccc(Cl)cc2N1. The van der Waals surface area contributed by atoms with E-state index < -0.39 is 0 Å². The quantitative estimate of drug-likeness (QED) is 0.727. The van der Waals surface area contributed by atoms with Crippen molar-refractivity contribution in [3.8, 4) is 0 Å². The van der Waals surface area contributed by atoms with Crippen LogP contribution in [0.15, 0.2) is 53.5 Å². The zero-order chi connectivity index (χ0) is 19.0. The first-order valence-corrected chi connectivity index (χ1v) is 9.26. The van der Waals surface area contributed by atoms with Gasteiger partial charge in [0.1, 0.15) is 6.04 Å². The molecule has 1 unspecified atom stereocenters. The third-order valence-corrected chi connectivity index (χ3v) is 4.72. The molecule has 0 saturated heterocycles. The Bertz CT molecular complexity index is 987. The van der Waals surface area contributed by atoms with Crippen LogP contribution in [0.2, 0.25) is 5.02 Å². The number of nitrogens with zero attached hydrogens (tertiary/aromatic N) is 5. The predicted octanol–water partition coefficient (Wildman–Crippen LogP) is 4.09. The minimum atomic E-state index is -0.226. The number of aliphatic imine (C=N–C) groups is 1. The maximum Gasteiger partial charge on any atom is 0.176 e. The van der Waals surface area contributed by atoms with E-state index >= 15 is 0 Å². The van der Waals surface area contributed by atoms with Crippen LogP contribution in [0.1, 0.15) is 43.8 Å². The third-order valence-electron chi connectivity index (χ3n) is 4.49. The highest BCUT2D eigenvalue weighted by molar-refractivity contribution is 6.31. The van der Waals surface area contributed by atoms with Crippen LogP contribution in [0.3, 0.4) is 0 Å². The van der Waals surface area contributed by atoms with Gasteiger partial charge in [0.15, 0.2) is 5.82 Å². The molecule has 27 heavy (non-hydrogen) atoms. The molecule has 0 amide bonds. The van der Waals surface area contributed by atoms with E-state index in [0.717, 1.165) is 28.4 Å². The van der Waals surface area contributed by atoms with Crippen LogP contribution >= 0.6 is 11.6 Å². The fourth-order valence-electron chi connectivity index (χ4n) is 3.22. The Morgan fingerprint density at radius 2 is 1.89 bits per heavy atom. The minimum absolute atomic E-state index is 0.155. The second-order valence-corrected chi connectivity index (χ2v) is 8.00. The summed E-state index contributed by atoms with van der Waals surface area (Å²) in [5, 5.41) is 16.6. The third kappa shape index (κ3) is 3.45. The minimum Gasteiger partial charge on any atom is -0.373 e. The Labute approximate surface area is 163 Å². The second kappa shape index (κ2) is 6.78. The summed E-state index contributed by atoms with van der Waals surface area (Å²) in [6, 6.07) is 15.8. The molecule has 0 spiro atoms. The van der Waals surface area contributed by atoms with Gasteiger partial charge in [0.05, 0.1) is 17.8 Å². The van der Waals surface area contributed by atoms with Gasteiger partial charge in [-0.1, -0.05) is 41.9 Å². The molecule has 138 valence electrons. The van der Waals surface area contributed by atoms with E-state index in [0.29, 0.717) is 11.6 Å². The number of hydrogen-bond acceptors (Lipinski definition) is 5. The van der Waals surface area contributed by atoms with Gasteiger partial charge in [-0.25, -0.2) is 4.68 Å². The van der Waals surface area contributed by atoms with Crippen LogP contribution in [0.5, 0.6) is 0 Å². The van der Waals surface area contributed by atoms with Gasteiger partial charge in [-0.3, -0.25) is 4.99 Å². The highest BCUT2D eigenvalue weighted by Gasteiger charge is 2.28. The average Bonchev–Trinajstić information content (AvgIpc) is 3.06. The van der Waals surface area contributed by atoms with Crippen molar-refractivity contribution in [1.82, 2.24) is 20.2 Å². The molecule has 6 nitrogen and oxygen atoms in total. The average molecular weight is 381 g/mol. The van der Waals surface area contributed by atoms with E-state index in [-0.39, 0.29) is 11.6 Å². The Kier molecular flexibility index (Phi) is 4.44. The fourth-order valence-corrected chi connectivity index (χ4v) is 3.39. The molecule has 1 N–H and O–H groups in total. The Morgan fingerprint density at radius 3 is 2.63 bits per heavy atom. The number of anilines is 1. The van der Waals surface area contributed by atoms with Gasteiger partial charge >= 0.3 is 0 Å². The van der Waals surface area contributed by atoms with Gasteiger partial charge in [0.25, 0.3) is 0 Å². The van der Waals surface area contributed by atoms with Crippen molar-refractivity contribution in [3.05, 3.63) is 70.5 Å². The van der Waals surface area contributed by atoms with Gasteiger partial charge in [-0.05, 0) is 49.4 Å². The van der Waals surface area contributed by atoms with Crippen molar-refractivity contribution >= 4 is 23.0 Å². The Balaban J connectivity index is 1.82. The zero-order valence-electron chi connectivity index (χ0n) is 15.5. The van der Waals surface area contributed by atoms with Crippen LogP contribution in [-0.4, -0.2) is 32.5 Å². The number of halogens is 1. The molecule has 1 atom stereocenters. The van der Waals surface area contributed by atoms with Crippen LogP contribution in [-0.2, 0) is 5.54 Å². The van der Waals surface area contributed by atoms with Crippen molar-refractivity contribution in [2.45, 2.75) is 32.4 Å². The Morgan fingerprint density at radius 1 is 1.11 bits per heavy atom. The molecule has 7 heteroatoms. The Hall–Kier alpha value is -2.73. The summed E-state index contributed by atoms with van der Waals surface area (Å²) in [5.74, 6) is 0.756. The molecule has 0 radical (unpaired) electrons. The number of hydrogen-bond donors (Lipinski definition) is 1. The van der Waals surface area contributed by atoms with Crippen molar-refractivity contribution in [3.63, 3.8) is 0 Å². The second-order valence-electron chi connectivity index (χ2n) is 7.56. The maximum absolute atomic E-state index is 6.27. The number of benzodiazepines with no additional fused rings is 1. The molecule has 0 aliphatic carbocycles. The molecule has 1 aliphatic rings. The molecule has 0 saturated carbocycles. The van der Waals surface area contributed by atoms with Gasteiger partial charge < -0.3 is 5.32 Å². The molecule has 1 aliphatic heterocycles. The standard InChI is InChI=1S/C20H21ClN6/c1-20(2,3)27-19(24-25-26-27)17-12-22-18(13-7-5-4-6-8-13)15-10-9-14(21)11-16(15)23-17/h4-11,17,23H,12H2,1-3H3. The number of aromatic nitrogens is 4. The lowest BCUT2D eigenvalue weighted by atomic mass is 10.0. The number of rotatable bonds is 2. The zero-order valence-corrected chi connectivity index (χ0v) is 16.3. The highest BCUT2D eigenvalue weighted by Crippen LogP contribution is 2.31. The molecular weight excluding hydrogens is 360 g/mol. The van der Waals surface area contributed by atoms with Crippen LogP contribution in [0.4, 0.5) is 5.69 Å². The number of benzene rings is 2. The van der Waals surface area contributed by atoms with E-state index in [1.165, 1.54) is 0 Å². The van der Waals surface area contributed by atoms with Crippen molar-refractivity contribution in [2.75, 3.05) is 11.9 Å². The van der Waals surface area contributed by atoms with E-state index in [1.54, 1.807) is 0 Å². The number of fused-ring (bicyclic) bond motifs is 1. The lowest BCUT2D eigenvalue weighted by Crippen LogP contribution is -2.29. The van der Waals surface area contributed by atoms with Crippen LogP contribution < -0.4 is 5.32 Å². The first-order chi connectivity index (χ1) is 12.9. The lowest BCUT2D eigenvalue weighted by Gasteiger charge is -2.24. The normalized spacial score (nSPS) is 16.9. The predicted molar refractivity (Wildman–Crippen MR) is 108 cm³/mol. The van der Waals surface area contributed by atoms with Gasteiger partial charge in [0, 0.05) is 21.8 Å². The molecule has 2 aromatic carbocycles. The van der Waals surface area contributed by atoms with Crippen molar-refractivity contribution in [1.29, 1.82) is 0 Å². The van der Waals surface area contributed by atoms with Crippen molar-refractivity contribution < 1.29 is 0 Å². The molecule has 3 aromatic rings. The molecule has 4 rings (SSSR count). The van der Waals surface area contributed by atoms with Gasteiger partial charge in [-0.2, -0.15) is 0 Å². The van der Waals surface area contributed by atoms with Crippen LogP contribution in [0.25, 0.3) is 0 Å². The largest absolute Gasteiger partial charge is 0.373 e. The first kappa shape index (κ1) is 17.7. The topological polar surface area (TPSA) is 68.0 Å². The lowest BCUT2D eigenvalue weighted by molar-refractivity contribution is 0.330. The van der Waals surface area contributed by atoms with E-state index in [1.807, 2.05) is 41.1 Å². The van der Waals surface area contributed by atoms with E-state index in [4.69, 9.17) is 16.6 Å². The first-order valence-electron chi connectivity index (χ1n) is 8.88. The van der Waals surface area contributed by atoms with Gasteiger partial charge in [0.2, 0.25) is 0 Å². The van der Waals surface area contributed by atoms with Crippen molar-refractivity contribution in [2.24, 2.45) is 4.99 Å². The maximum atomic E-state index is 6.27. The summed E-state index contributed by atoms with van der Waals surface area (Å²) in [6.07, 6.45) is 0. The highest BCUT2D eigenvalue weighted by atomic mass is 35.5. The molecule has 0 fully saturated rings. The summed E-state index contributed by atoms with van der Waals surface area (Å²) < 4.78 is 1.85. The van der Waals surface area contributed by atoms with E-state index in [2.05, 4.69) is 53.7 Å². The number of tetrazole rings is 1. The molecular formula is C20H21ClN6. The summed E-state index contributed by atoms with van der Waals surface area (Å²) >= 11 is 6.27. The van der Waals surface area contributed by atoms with E-state index in [9.17, 15) is 0 Å². The summed E-state index contributed by atoms with van der Waals surface area (Å²) in [7, 11) is 0. The summed E-state index contributed by atoms with van der Waals surface area (Å²) in [6.45, 7) is 6.75. The van der Waals surface area contributed by atoms with Gasteiger partial charge in [-0.15, -0.1) is 5.10 Å². The summed E-state index contributed by atoms with van der Waals surface area (Å²) in [5.41, 5.74) is 3.72.